The number of rotatable bonds is 2. The predicted molar refractivity (Wildman–Crippen MR) is 87.6 cm³/mol. The summed E-state index contributed by atoms with van der Waals surface area (Å²) in [4.78, 5) is 14.5. The molecule has 2 aromatic rings. The number of halogens is 2. The molecule has 5 nitrogen and oxygen atoms in total. The normalized spacial score (nSPS) is 15.1. The van der Waals surface area contributed by atoms with Gasteiger partial charge in [0.15, 0.2) is 0 Å². The molecular weight excluding hydrogens is 325 g/mol. The van der Waals surface area contributed by atoms with Crippen LogP contribution in [0.5, 0.6) is 0 Å². The molecule has 116 valence electrons. The van der Waals surface area contributed by atoms with E-state index in [9.17, 15) is 4.79 Å². The quantitative estimate of drug-likeness (QED) is 0.843. The number of aromatic nitrogens is 2. The summed E-state index contributed by atoms with van der Waals surface area (Å²) >= 11 is 12.4. The van der Waals surface area contributed by atoms with Gasteiger partial charge in [0, 0.05) is 18.1 Å². The smallest absolute Gasteiger partial charge is 0.292 e. The van der Waals surface area contributed by atoms with Crippen LogP contribution in [0.4, 0.5) is 5.69 Å². The molecule has 1 saturated heterocycles. The molecule has 0 amide bonds. The number of aryl methyl sites for hydroxylation is 1. The second-order valence-corrected chi connectivity index (χ2v) is 5.88. The fourth-order valence-corrected chi connectivity index (χ4v) is 2.77. The Kier molecular flexibility index (Phi) is 4.38. The average Bonchev–Trinajstić information content (AvgIpc) is 2.54. The largest absolute Gasteiger partial charge is 0.378 e. The first-order valence-electron chi connectivity index (χ1n) is 6.95. The van der Waals surface area contributed by atoms with Gasteiger partial charge in [0.2, 0.25) is 0 Å². The Morgan fingerprint density at radius 1 is 1.23 bits per heavy atom. The fourth-order valence-electron chi connectivity index (χ4n) is 2.35. The number of morpholine rings is 1. The molecule has 1 aromatic carbocycles. The summed E-state index contributed by atoms with van der Waals surface area (Å²) in [5.74, 6) is 0. The Labute approximate surface area is 138 Å². The van der Waals surface area contributed by atoms with Crippen molar-refractivity contribution in [3.63, 3.8) is 0 Å². The predicted octanol–water partition coefficient (Wildman–Crippen LogP) is 2.68. The number of benzene rings is 1. The zero-order valence-electron chi connectivity index (χ0n) is 12.1. The summed E-state index contributed by atoms with van der Waals surface area (Å²) in [6, 6.07) is 5.34. The van der Waals surface area contributed by atoms with E-state index in [4.69, 9.17) is 27.9 Å². The second-order valence-electron chi connectivity index (χ2n) is 5.09. The third-order valence-corrected chi connectivity index (χ3v) is 4.41. The maximum absolute atomic E-state index is 12.5. The molecule has 0 spiro atoms. The molecule has 0 unspecified atom stereocenters. The van der Waals surface area contributed by atoms with Crippen molar-refractivity contribution in [3.05, 3.63) is 50.4 Å². The summed E-state index contributed by atoms with van der Waals surface area (Å²) < 4.78 is 6.57. The van der Waals surface area contributed by atoms with E-state index in [2.05, 4.69) is 5.10 Å². The fraction of sp³-hybridized carbons (Fsp3) is 0.333. The van der Waals surface area contributed by atoms with Gasteiger partial charge in [0.1, 0.15) is 5.02 Å². The minimum absolute atomic E-state index is 0.161. The van der Waals surface area contributed by atoms with Crippen LogP contribution in [0.15, 0.2) is 29.2 Å². The maximum Gasteiger partial charge on any atom is 0.292 e. The number of anilines is 1. The molecule has 7 heteroatoms. The van der Waals surface area contributed by atoms with Crippen LogP contribution in [-0.4, -0.2) is 36.1 Å². The van der Waals surface area contributed by atoms with Crippen LogP contribution >= 0.6 is 23.2 Å². The van der Waals surface area contributed by atoms with Gasteiger partial charge in [-0.2, -0.15) is 9.78 Å². The first-order chi connectivity index (χ1) is 10.6. The van der Waals surface area contributed by atoms with E-state index in [0.717, 1.165) is 5.56 Å². The maximum atomic E-state index is 12.5. The molecule has 1 aliphatic rings. The standard InChI is InChI=1S/C15H15Cl2N3O2/c1-10-2-3-11(8-12(10)16)20-15(21)14(17)13(9-18-20)19-4-6-22-7-5-19/h2-3,8-9H,4-7H2,1H3. The van der Waals surface area contributed by atoms with Gasteiger partial charge in [0.05, 0.1) is 30.8 Å². The lowest BCUT2D eigenvalue weighted by molar-refractivity contribution is 0.122. The molecule has 1 fully saturated rings. The molecule has 0 aliphatic carbocycles. The molecule has 1 aromatic heterocycles. The van der Waals surface area contributed by atoms with Crippen molar-refractivity contribution in [1.82, 2.24) is 9.78 Å². The van der Waals surface area contributed by atoms with Gasteiger partial charge < -0.3 is 9.64 Å². The van der Waals surface area contributed by atoms with Gasteiger partial charge in [-0.25, -0.2) is 0 Å². The third kappa shape index (κ3) is 2.84. The number of ether oxygens (including phenoxy) is 1. The average molecular weight is 340 g/mol. The lowest BCUT2D eigenvalue weighted by Crippen LogP contribution is -2.38. The summed E-state index contributed by atoms with van der Waals surface area (Å²) in [5, 5.41) is 4.98. The zero-order chi connectivity index (χ0) is 15.7. The summed E-state index contributed by atoms with van der Waals surface area (Å²) in [7, 11) is 0. The topological polar surface area (TPSA) is 47.4 Å². The van der Waals surface area contributed by atoms with E-state index in [1.54, 1.807) is 18.3 Å². The number of nitrogens with zero attached hydrogens (tertiary/aromatic N) is 3. The van der Waals surface area contributed by atoms with Crippen molar-refractivity contribution in [2.45, 2.75) is 6.92 Å². The van der Waals surface area contributed by atoms with Crippen LogP contribution in [0.25, 0.3) is 5.69 Å². The number of hydrogen-bond donors (Lipinski definition) is 0. The highest BCUT2D eigenvalue weighted by Gasteiger charge is 2.18. The van der Waals surface area contributed by atoms with Gasteiger partial charge in [-0.05, 0) is 24.6 Å². The minimum Gasteiger partial charge on any atom is -0.378 e. The van der Waals surface area contributed by atoms with E-state index < -0.39 is 0 Å². The molecule has 22 heavy (non-hydrogen) atoms. The van der Waals surface area contributed by atoms with Crippen molar-refractivity contribution >= 4 is 28.9 Å². The zero-order valence-corrected chi connectivity index (χ0v) is 13.6. The summed E-state index contributed by atoms with van der Waals surface area (Å²) in [6.07, 6.45) is 1.61. The molecule has 2 heterocycles. The molecule has 3 rings (SSSR count). The minimum atomic E-state index is -0.356. The van der Waals surface area contributed by atoms with Crippen molar-refractivity contribution in [3.8, 4) is 5.69 Å². The second kappa shape index (κ2) is 6.28. The van der Waals surface area contributed by atoms with Crippen LogP contribution in [0.3, 0.4) is 0 Å². The van der Waals surface area contributed by atoms with E-state index in [1.807, 2.05) is 17.9 Å². The van der Waals surface area contributed by atoms with Gasteiger partial charge in [-0.15, -0.1) is 0 Å². The molecule has 1 aliphatic heterocycles. The molecule has 0 N–H and O–H groups in total. The lowest BCUT2D eigenvalue weighted by atomic mass is 10.2. The lowest BCUT2D eigenvalue weighted by Gasteiger charge is -2.29. The first kappa shape index (κ1) is 15.3. The van der Waals surface area contributed by atoms with Crippen molar-refractivity contribution < 1.29 is 4.74 Å². The Bertz CT molecular complexity index is 755. The molecule has 0 bridgehead atoms. The first-order valence-corrected chi connectivity index (χ1v) is 7.70. The third-order valence-electron chi connectivity index (χ3n) is 3.65. The van der Waals surface area contributed by atoms with Crippen LogP contribution in [0.2, 0.25) is 10.0 Å². The van der Waals surface area contributed by atoms with Gasteiger partial charge in [-0.3, -0.25) is 4.79 Å². The highest BCUT2D eigenvalue weighted by Crippen LogP contribution is 2.23. The monoisotopic (exact) mass is 339 g/mol. The molecule has 0 atom stereocenters. The summed E-state index contributed by atoms with van der Waals surface area (Å²) in [6.45, 7) is 4.53. The van der Waals surface area contributed by atoms with Gasteiger partial charge >= 0.3 is 0 Å². The van der Waals surface area contributed by atoms with Crippen LogP contribution in [0, 0.1) is 6.92 Å². The van der Waals surface area contributed by atoms with E-state index >= 15 is 0 Å². The molecular formula is C15H15Cl2N3O2. The van der Waals surface area contributed by atoms with Crippen molar-refractivity contribution in [2.75, 3.05) is 31.2 Å². The molecule has 0 radical (unpaired) electrons. The molecule has 0 saturated carbocycles. The highest BCUT2D eigenvalue weighted by molar-refractivity contribution is 6.33. The van der Waals surface area contributed by atoms with Crippen LogP contribution in [-0.2, 0) is 4.74 Å². The van der Waals surface area contributed by atoms with Crippen molar-refractivity contribution in [1.29, 1.82) is 0 Å². The Morgan fingerprint density at radius 3 is 2.64 bits per heavy atom. The number of hydrogen-bond acceptors (Lipinski definition) is 4. The Hall–Kier alpha value is -1.56. The van der Waals surface area contributed by atoms with Crippen LogP contribution < -0.4 is 10.5 Å². The SMILES string of the molecule is Cc1ccc(-n2ncc(N3CCOCC3)c(Cl)c2=O)cc1Cl. The Balaban J connectivity index is 2.02. The summed E-state index contributed by atoms with van der Waals surface area (Å²) in [5.41, 5.74) is 1.82. The Morgan fingerprint density at radius 2 is 1.95 bits per heavy atom. The van der Waals surface area contributed by atoms with E-state index in [-0.39, 0.29) is 10.6 Å². The van der Waals surface area contributed by atoms with Crippen LogP contribution in [0.1, 0.15) is 5.56 Å². The van der Waals surface area contributed by atoms with E-state index in [0.29, 0.717) is 42.7 Å². The van der Waals surface area contributed by atoms with Gasteiger partial charge in [0.25, 0.3) is 5.56 Å². The van der Waals surface area contributed by atoms with E-state index in [1.165, 1.54) is 4.68 Å². The van der Waals surface area contributed by atoms with Crippen molar-refractivity contribution in [2.24, 2.45) is 0 Å². The highest BCUT2D eigenvalue weighted by atomic mass is 35.5. The van der Waals surface area contributed by atoms with Gasteiger partial charge in [-0.1, -0.05) is 29.3 Å².